The average Bonchev–Trinajstić information content (AvgIpc) is 3.33. The van der Waals surface area contributed by atoms with E-state index in [1.807, 2.05) is 0 Å². The Hall–Kier alpha value is -1.28. The number of rotatable bonds is 14. The van der Waals surface area contributed by atoms with Gasteiger partial charge in [0.05, 0.1) is 39.6 Å². The summed E-state index contributed by atoms with van der Waals surface area (Å²) in [6.07, 6.45) is -50.3. The van der Waals surface area contributed by atoms with Crippen molar-refractivity contribution in [3.8, 4) is 0 Å². The summed E-state index contributed by atoms with van der Waals surface area (Å²) in [7, 11) is 0. The van der Waals surface area contributed by atoms with E-state index in [1.54, 1.807) is 0 Å². The van der Waals surface area contributed by atoms with Gasteiger partial charge in [-0.2, -0.15) is 0 Å². The quantitative estimate of drug-likeness (QED) is 0.0768. The molecule has 32 heteroatoms. The van der Waals surface area contributed by atoms with Crippen molar-refractivity contribution in [2.24, 2.45) is 0 Å². The number of ether oxygens (including phenoxy) is 10. The van der Waals surface area contributed by atoms with Crippen LogP contribution >= 0.6 is 0 Å². The molecule has 0 aliphatic carbocycles. The Balaban J connectivity index is 0.000000254. The standard InChI is InChI=1S/2C18H32O16/c2*19-1-4-7(22)8(23)12(27)17(31-4)34-15-6(3-21)32-18(13(28)10(15)25)33-14-5(2-20)30-16(29)11(26)9(14)24/h2*4-29H,1-3H2/t2*4-,5-,6-,7-,8+,9?,10-,11?,12-,13?,14-,15-,16?,17?,18?/m11/s1. The third-order valence-electron chi connectivity index (χ3n) is 12.2. The van der Waals surface area contributed by atoms with Gasteiger partial charge in [-0.05, 0) is 0 Å². The van der Waals surface area contributed by atoms with Crippen molar-refractivity contribution in [3.05, 3.63) is 0 Å². The normalized spacial score (nSPS) is 52.5. The monoisotopic (exact) mass is 1010 g/mol. The molecule has 12 unspecified atom stereocenters. The Morgan fingerprint density at radius 1 is 0.221 bits per heavy atom. The van der Waals surface area contributed by atoms with Crippen LogP contribution in [0.5, 0.6) is 0 Å². The van der Waals surface area contributed by atoms with Crippen LogP contribution in [0.4, 0.5) is 0 Å². The van der Waals surface area contributed by atoms with Gasteiger partial charge in [0.2, 0.25) is 0 Å². The van der Waals surface area contributed by atoms with Crippen molar-refractivity contribution in [2.75, 3.05) is 39.6 Å². The van der Waals surface area contributed by atoms with E-state index < -0.39 is 224 Å². The largest absolute Gasteiger partial charge is 0.394 e. The maximum Gasteiger partial charge on any atom is 0.187 e. The summed E-state index contributed by atoms with van der Waals surface area (Å²) in [6, 6.07) is 0. The van der Waals surface area contributed by atoms with Crippen LogP contribution in [0.15, 0.2) is 0 Å². The first-order valence-electron chi connectivity index (χ1n) is 21.2. The van der Waals surface area contributed by atoms with Crippen LogP contribution in [0, 0.1) is 0 Å². The molecular formula is C36H64O32. The van der Waals surface area contributed by atoms with Crippen molar-refractivity contribution in [1.29, 1.82) is 0 Å². The molecule has 0 aromatic rings. The van der Waals surface area contributed by atoms with Gasteiger partial charge in [-0.25, -0.2) is 0 Å². The molecule has 0 spiro atoms. The SMILES string of the molecule is OC[C@H]1OC(O[C@H]2[C@H](O)C(O)C(O[C@H]3C(O)C(O)C(O)O[C@@H]3CO)O[C@@H]2CO)[C@H](O)[C@@H](O)[C@@H]1O.OC[C@H]1OC(O[C@H]2[C@H](O)C(O)C(O[C@H]3C(O)C(O)C(O)O[C@@H]3CO)O[C@@H]2CO)[C@H](O)[C@@H](O)[C@@H]1O. The maximum absolute atomic E-state index is 10.6. The lowest BCUT2D eigenvalue weighted by atomic mass is 9.96. The Morgan fingerprint density at radius 3 is 0.676 bits per heavy atom. The van der Waals surface area contributed by atoms with Gasteiger partial charge in [-0.3, -0.25) is 0 Å². The average molecular weight is 1010 g/mol. The Bertz CT molecular complexity index is 1380. The van der Waals surface area contributed by atoms with Gasteiger partial charge < -0.3 is 160 Å². The van der Waals surface area contributed by atoms with Crippen LogP contribution in [0.25, 0.3) is 0 Å². The first-order chi connectivity index (χ1) is 32.1. The summed E-state index contributed by atoms with van der Waals surface area (Å²) in [5.74, 6) is 0. The van der Waals surface area contributed by atoms with E-state index in [0.717, 1.165) is 0 Å². The second-order valence-electron chi connectivity index (χ2n) is 16.7. The summed E-state index contributed by atoms with van der Waals surface area (Å²) in [4.78, 5) is 0. The predicted octanol–water partition coefficient (Wildman–Crippen LogP) is -15.1. The van der Waals surface area contributed by atoms with E-state index in [9.17, 15) is 112 Å². The van der Waals surface area contributed by atoms with Gasteiger partial charge in [0.25, 0.3) is 0 Å². The second kappa shape index (κ2) is 25.1. The van der Waals surface area contributed by atoms with Gasteiger partial charge in [0.1, 0.15) is 146 Å². The molecule has 0 aromatic carbocycles. The topological polar surface area (TPSA) is 537 Å². The zero-order chi connectivity index (χ0) is 50.6. The second-order valence-corrected chi connectivity index (χ2v) is 16.7. The minimum absolute atomic E-state index is 0.741. The van der Waals surface area contributed by atoms with Crippen LogP contribution in [0.1, 0.15) is 0 Å². The fraction of sp³-hybridized carbons (Fsp3) is 1.00. The zero-order valence-corrected chi connectivity index (χ0v) is 35.5. The van der Waals surface area contributed by atoms with Crippen LogP contribution in [-0.4, -0.2) is 336 Å². The number of hydrogen-bond donors (Lipinski definition) is 22. The van der Waals surface area contributed by atoms with Crippen LogP contribution in [0.3, 0.4) is 0 Å². The molecule has 6 heterocycles. The molecule has 6 aliphatic rings. The molecule has 0 bridgehead atoms. The number of aliphatic hydroxyl groups excluding tert-OH is 22. The first-order valence-corrected chi connectivity index (χ1v) is 21.2. The van der Waals surface area contributed by atoms with Gasteiger partial charge in [-0.15, -0.1) is 0 Å². The molecule has 6 fully saturated rings. The summed E-state index contributed by atoms with van der Waals surface area (Å²) in [5.41, 5.74) is 0. The lowest BCUT2D eigenvalue weighted by Gasteiger charge is -2.47. The molecule has 68 heavy (non-hydrogen) atoms. The highest BCUT2D eigenvalue weighted by Crippen LogP contribution is 2.34. The lowest BCUT2D eigenvalue weighted by Crippen LogP contribution is -2.66. The fourth-order valence-corrected chi connectivity index (χ4v) is 8.12. The highest BCUT2D eigenvalue weighted by Gasteiger charge is 2.55. The molecule has 0 aromatic heterocycles. The van der Waals surface area contributed by atoms with Gasteiger partial charge in [-0.1, -0.05) is 0 Å². The summed E-state index contributed by atoms with van der Waals surface area (Å²) < 4.78 is 52.8. The van der Waals surface area contributed by atoms with E-state index in [1.165, 1.54) is 0 Å². The van der Waals surface area contributed by atoms with E-state index >= 15 is 0 Å². The van der Waals surface area contributed by atoms with E-state index in [0.29, 0.717) is 0 Å². The van der Waals surface area contributed by atoms with Gasteiger partial charge in [0.15, 0.2) is 37.7 Å². The van der Waals surface area contributed by atoms with Gasteiger partial charge in [0, 0.05) is 0 Å². The van der Waals surface area contributed by atoms with E-state index in [-0.39, 0.29) is 0 Å². The molecule has 6 saturated heterocycles. The maximum atomic E-state index is 10.6. The predicted molar refractivity (Wildman–Crippen MR) is 203 cm³/mol. The molecule has 6 rings (SSSR count). The summed E-state index contributed by atoms with van der Waals surface area (Å²) in [5, 5.41) is 218. The third kappa shape index (κ3) is 12.2. The minimum Gasteiger partial charge on any atom is -0.394 e. The molecule has 6 aliphatic heterocycles. The van der Waals surface area contributed by atoms with Crippen molar-refractivity contribution in [1.82, 2.24) is 0 Å². The summed E-state index contributed by atoms with van der Waals surface area (Å²) >= 11 is 0. The van der Waals surface area contributed by atoms with Gasteiger partial charge >= 0.3 is 0 Å². The Labute approximate surface area is 383 Å². The number of aliphatic hydroxyl groups is 22. The molecule has 32 nitrogen and oxygen atoms in total. The lowest BCUT2D eigenvalue weighted by molar-refractivity contribution is -0.377. The Morgan fingerprint density at radius 2 is 0.426 bits per heavy atom. The molecule has 30 atom stereocenters. The Kier molecular flexibility index (Phi) is 21.3. The molecule has 0 radical (unpaired) electrons. The molecule has 22 N–H and O–H groups in total. The number of hydrogen-bond acceptors (Lipinski definition) is 32. The fourth-order valence-electron chi connectivity index (χ4n) is 8.12. The minimum atomic E-state index is -1.91. The molecular weight excluding hydrogens is 944 g/mol. The molecule has 400 valence electrons. The van der Waals surface area contributed by atoms with Crippen molar-refractivity contribution >= 4 is 0 Å². The summed E-state index contributed by atoms with van der Waals surface area (Å²) in [6.45, 7) is -4.64. The van der Waals surface area contributed by atoms with Crippen molar-refractivity contribution < 1.29 is 160 Å². The van der Waals surface area contributed by atoms with Crippen molar-refractivity contribution in [2.45, 2.75) is 184 Å². The van der Waals surface area contributed by atoms with Crippen molar-refractivity contribution in [3.63, 3.8) is 0 Å². The van der Waals surface area contributed by atoms with Crippen LogP contribution in [-0.2, 0) is 47.4 Å². The first kappa shape index (κ1) is 57.6. The third-order valence-corrected chi connectivity index (χ3v) is 12.2. The molecule has 0 amide bonds. The van der Waals surface area contributed by atoms with E-state index in [2.05, 4.69) is 0 Å². The van der Waals surface area contributed by atoms with Crippen LogP contribution in [0.2, 0.25) is 0 Å². The highest BCUT2D eigenvalue weighted by molar-refractivity contribution is 4.98. The van der Waals surface area contributed by atoms with Crippen LogP contribution < -0.4 is 0 Å². The highest BCUT2D eigenvalue weighted by atomic mass is 16.8. The zero-order valence-electron chi connectivity index (χ0n) is 35.5. The molecule has 0 saturated carbocycles. The van der Waals surface area contributed by atoms with E-state index in [4.69, 9.17) is 47.4 Å². The smallest absolute Gasteiger partial charge is 0.187 e.